The predicted molar refractivity (Wildman–Crippen MR) is 104 cm³/mol. The van der Waals surface area contributed by atoms with Crippen LogP contribution in [0.4, 0.5) is 5.82 Å². The Bertz CT molecular complexity index is 845. The van der Waals surface area contributed by atoms with E-state index >= 15 is 0 Å². The average molecular weight is 372 g/mol. The largest absolute Gasteiger partial charge is 0.391 e. The Morgan fingerprint density at radius 2 is 2.00 bits per heavy atom. The summed E-state index contributed by atoms with van der Waals surface area (Å²) in [5.41, 5.74) is 7.99. The molecule has 3 N–H and O–H groups in total. The highest BCUT2D eigenvalue weighted by Crippen LogP contribution is 2.30. The van der Waals surface area contributed by atoms with Gasteiger partial charge in [0.05, 0.1) is 24.4 Å². The molecular formula is C18H24N6OS. The number of para-hydroxylation sites is 1. The molecule has 3 rings (SSSR count). The topological polar surface area (TPSA) is 94.8 Å². The van der Waals surface area contributed by atoms with Gasteiger partial charge in [-0.15, -0.1) is 10.2 Å². The third kappa shape index (κ3) is 3.76. The SMILES string of the molecule is CCCCC(O)Cn1ncc(-c2nnc(SC)n2-c2ccccc2)c1N. The summed E-state index contributed by atoms with van der Waals surface area (Å²) in [5, 5.41) is 23.9. The average Bonchev–Trinajstić information content (AvgIpc) is 3.24. The van der Waals surface area contributed by atoms with Crippen LogP contribution in [0.1, 0.15) is 26.2 Å². The number of unbranched alkanes of at least 4 members (excludes halogenated alkanes) is 1. The Kier molecular flexibility index (Phi) is 5.95. The zero-order valence-electron chi connectivity index (χ0n) is 15.0. The van der Waals surface area contributed by atoms with Crippen molar-refractivity contribution in [3.05, 3.63) is 36.5 Å². The highest BCUT2D eigenvalue weighted by molar-refractivity contribution is 7.98. The summed E-state index contributed by atoms with van der Waals surface area (Å²) in [6.45, 7) is 2.48. The molecule has 1 aromatic carbocycles. The van der Waals surface area contributed by atoms with Crippen LogP contribution < -0.4 is 5.73 Å². The molecule has 0 spiro atoms. The summed E-state index contributed by atoms with van der Waals surface area (Å²) >= 11 is 1.52. The monoisotopic (exact) mass is 372 g/mol. The number of nitrogens with two attached hydrogens (primary N) is 1. The maximum Gasteiger partial charge on any atom is 0.195 e. The van der Waals surface area contributed by atoms with Gasteiger partial charge in [0.25, 0.3) is 0 Å². The van der Waals surface area contributed by atoms with Gasteiger partial charge in [-0.3, -0.25) is 4.57 Å². The van der Waals surface area contributed by atoms with Crippen LogP contribution in [0.5, 0.6) is 0 Å². The van der Waals surface area contributed by atoms with E-state index < -0.39 is 6.10 Å². The van der Waals surface area contributed by atoms with E-state index in [0.717, 1.165) is 30.1 Å². The Hall–Kier alpha value is -2.32. The molecule has 0 saturated heterocycles. The second kappa shape index (κ2) is 8.37. The third-order valence-corrected chi connectivity index (χ3v) is 4.86. The van der Waals surface area contributed by atoms with Crippen molar-refractivity contribution in [3.8, 4) is 17.1 Å². The molecule has 0 amide bonds. The van der Waals surface area contributed by atoms with Crippen molar-refractivity contribution in [1.82, 2.24) is 24.5 Å². The zero-order valence-corrected chi connectivity index (χ0v) is 15.9. The van der Waals surface area contributed by atoms with Crippen LogP contribution in [0.25, 0.3) is 17.1 Å². The second-order valence-electron chi connectivity index (χ2n) is 6.10. The second-order valence-corrected chi connectivity index (χ2v) is 6.88. The molecule has 138 valence electrons. The molecule has 0 aliphatic rings. The summed E-state index contributed by atoms with van der Waals surface area (Å²) in [7, 11) is 0. The van der Waals surface area contributed by atoms with E-state index in [9.17, 15) is 5.11 Å². The van der Waals surface area contributed by atoms with Crippen molar-refractivity contribution >= 4 is 17.6 Å². The first-order valence-corrected chi connectivity index (χ1v) is 9.92. The Labute approximate surface area is 157 Å². The summed E-state index contributed by atoms with van der Waals surface area (Å²) in [6.07, 6.45) is 5.96. The first kappa shape index (κ1) is 18.5. The van der Waals surface area contributed by atoms with Crippen molar-refractivity contribution < 1.29 is 5.11 Å². The van der Waals surface area contributed by atoms with E-state index in [4.69, 9.17) is 5.73 Å². The van der Waals surface area contributed by atoms with E-state index in [-0.39, 0.29) is 0 Å². The molecular weight excluding hydrogens is 348 g/mol. The van der Waals surface area contributed by atoms with Crippen molar-refractivity contribution in [2.75, 3.05) is 12.0 Å². The number of nitrogen functional groups attached to an aromatic ring is 1. The summed E-state index contributed by atoms with van der Waals surface area (Å²) in [6, 6.07) is 9.92. The van der Waals surface area contributed by atoms with Gasteiger partial charge < -0.3 is 10.8 Å². The molecule has 0 bridgehead atoms. The van der Waals surface area contributed by atoms with E-state index in [1.165, 1.54) is 11.8 Å². The fraction of sp³-hybridized carbons (Fsp3) is 0.389. The molecule has 0 fully saturated rings. The number of benzene rings is 1. The van der Waals surface area contributed by atoms with Gasteiger partial charge in [0.2, 0.25) is 0 Å². The fourth-order valence-corrected chi connectivity index (χ4v) is 3.33. The highest BCUT2D eigenvalue weighted by atomic mass is 32.2. The molecule has 0 aliphatic heterocycles. The lowest BCUT2D eigenvalue weighted by atomic mass is 10.1. The third-order valence-electron chi connectivity index (χ3n) is 4.23. The van der Waals surface area contributed by atoms with Gasteiger partial charge in [-0.05, 0) is 24.8 Å². The first-order chi connectivity index (χ1) is 12.7. The minimum absolute atomic E-state index is 0.376. The van der Waals surface area contributed by atoms with Crippen molar-refractivity contribution in [1.29, 1.82) is 0 Å². The molecule has 0 aliphatic carbocycles. The number of aromatic nitrogens is 5. The van der Waals surface area contributed by atoms with Crippen molar-refractivity contribution in [3.63, 3.8) is 0 Å². The van der Waals surface area contributed by atoms with Crippen molar-refractivity contribution in [2.24, 2.45) is 0 Å². The Morgan fingerprint density at radius 1 is 1.23 bits per heavy atom. The van der Waals surface area contributed by atoms with Crippen molar-refractivity contribution in [2.45, 2.75) is 44.0 Å². The molecule has 2 heterocycles. The lowest BCUT2D eigenvalue weighted by molar-refractivity contribution is 0.138. The lowest BCUT2D eigenvalue weighted by Gasteiger charge is -2.12. The molecule has 0 saturated carbocycles. The molecule has 0 radical (unpaired) electrons. The standard InChI is InChI=1S/C18H24N6OS/c1-3-4-10-14(25)12-23-16(19)15(11-20-23)17-21-22-18(26-2)24(17)13-8-6-5-7-9-13/h5-9,11,14,25H,3-4,10,12,19H2,1-2H3. The van der Waals surface area contributed by atoms with Gasteiger partial charge in [0.1, 0.15) is 5.82 Å². The Balaban J connectivity index is 1.95. The van der Waals surface area contributed by atoms with E-state index in [0.29, 0.717) is 23.8 Å². The smallest absolute Gasteiger partial charge is 0.195 e. The van der Waals surface area contributed by atoms with E-state index in [1.807, 2.05) is 41.2 Å². The van der Waals surface area contributed by atoms with Gasteiger partial charge in [0, 0.05) is 5.69 Å². The number of rotatable bonds is 8. The van der Waals surface area contributed by atoms with Crippen LogP contribution in [0, 0.1) is 0 Å². The molecule has 7 nitrogen and oxygen atoms in total. The van der Waals surface area contributed by atoms with Crippen LogP contribution >= 0.6 is 11.8 Å². The van der Waals surface area contributed by atoms with Gasteiger partial charge in [-0.1, -0.05) is 49.7 Å². The number of nitrogens with zero attached hydrogens (tertiary/aromatic N) is 5. The number of thioether (sulfide) groups is 1. The molecule has 26 heavy (non-hydrogen) atoms. The molecule has 2 aromatic heterocycles. The highest BCUT2D eigenvalue weighted by Gasteiger charge is 2.20. The molecule has 8 heteroatoms. The van der Waals surface area contributed by atoms with E-state index in [2.05, 4.69) is 22.2 Å². The maximum absolute atomic E-state index is 10.2. The van der Waals surface area contributed by atoms with Crippen LogP contribution in [0.15, 0.2) is 41.7 Å². The van der Waals surface area contributed by atoms with Crippen LogP contribution in [-0.2, 0) is 6.54 Å². The summed E-state index contributed by atoms with van der Waals surface area (Å²) in [5.74, 6) is 1.13. The van der Waals surface area contributed by atoms with Crippen LogP contribution in [0.3, 0.4) is 0 Å². The van der Waals surface area contributed by atoms with Crippen LogP contribution in [0.2, 0.25) is 0 Å². The Morgan fingerprint density at radius 3 is 2.69 bits per heavy atom. The fourth-order valence-electron chi connectivity index (χ4n) is 2.83. The number of hydrogen-bond donors (Lipinski definition) is 2. The lowest BCUT2D eigenvalue weighted by Crippen LogP contribution is -2.18. The number of aliphatic hydroxyl groups excluding tert-OH is 1. The molecule has 3 aromatic rings. The minimum atomic E-state index is -0.459. The minimum Gasteiger partial charge on any atom is -0.391 e. The zero-order chi connectivity index (χ0) is 18.5. The molecule has 1 atom stereocenters. The quantitative estimate of drug-likeness (QED) is 0.590. The normalized spacial score (nSPS) is 12.4. The summed E-state index contributed by atoms with van der Waals surface area (Å²) < 4.78 is 3.61. The van der Waals surface area contributed by atoms with Gasteiger partial charge in [0.15, 0.2) is 11.0 Å². The van der Waals surface area contributed by atoms with E-state index in [1.54, 1.807) is 10.9 Å². The van der Waals surface area contributed by atoms with Gasteiger partial charge >= 0.3 is 0 Å². The molecule has 1 unspecified atom stereocenters. The van der Waals surface area contributed by atoms with Gasteiger partial charge in [-0.25, -0.2) is 4.68 Å². The summed E-state index contributed by atoms with van der Waals surface area (Å²) in [4.78, 5) is 0. The van der Waals surface area contributed by atoms with Gasteiger partial charge in [-0.2, -0.15) is 5.10 Å². The maximum atomic E-state index is 10.2. The predicted octanol–water partition coefficient (Wildman–Crippen LogP) is 2.99. The number of hydrogen-bond acceptors (Lipinski definition) is 6. The number of anilines is 1. The number of aliphatic hydroxyl groups is 1. The first-order valence-electron chi connectivity index (χ1n) is 8.70. The van der Waals surface area contributed by atoms with Crippen LogP contribution in [-0.4, -0.2) is 42.0 Å².